The van der Waals surface area contributed by atoms with Gasteiger partial charge in [0.05, 0.1) is 5.56 Å². The number of amides is 1. The number of aromatic nitrogens is 1. The number of carboxylic acids is 1. The lowest BCUT2D eigenvalue weighted by atomic mass is 9.99. The normalized spacial score (nSPS) is 10.1. The molecule has 0 saturated carbocycles. The summed E-state index contributed by atoms with van der Waals surface area (Å²) in [5, 5.41) is 9.18. The van der Waals surface area contributed by atoms with Gasteiger partial charge in [-0.1, -0.05) is 12.1 Å². The predicted octanol–water partition coefficient (Wildman–Crippen LogP) is 2.15. The van der Waals surface area contributed by atoms with E-state index in [9.17, 15) is 14.7 Å². The number of hydrogen-bond donors (Lipinski definition) is 1. The highest BCUT2D eigenvalue weighted by Crippen LogP contribution is 2.24. The average molecular weight is 270 g/mol. The summed E-state index contributed by atoms with van der Waals surface area (Å²) in [5.74, 6) is -1.17. The van der Waals surface area contributed by atoms with Crippen molar-refractivity contribution in [3.05, 3.63) is 53.9 Å². The Morgan fingerprint density at radius 1 is 1.20 bits per heavy atom. The Morgan fingerprint density at radius 3 is 2.60 bits per heavy atom. The highest BCUT2D eigenvalue weighted by Gasteiger charge is 2.14. The van der Waals surface area contributed by atoms with E-state index in [-0.39, 0.29) is 11.5 Å². The first-order valence-corrected chi connectivity index (χ1v) is 6.00. The molecule has 0 aliphatic carbocycles. The van der Waals surface area contributed by atoms with E-state index < -0.39 is 5.97 Å². The monoisotopic (exact) mass is 270 g/mol. The van der Waals surface area contributed by atoms with Gasteiger partial charge >= 0.3 is 5.97 Å². The molecule has 1 N–H and O–H groups in total. The van der Waals surface area contributed by atoms with Gasteiger partial charge in [0.2, 0.25) is 0 Å². The van der Waals surface area contributed by atoms with Crippen molar-refractivity contribution in [2.24, 2.45) is 0 Å². The summed E-state index contributed by atoms with van der Waals surface area (Å²) in [6.45, 7) is 0. The number of hydrogen-bond acceptors (Lipinski definition) is 3. The molecule has 0 bridgehead atoms. The molecule has 0 saturated heterocycles. The molecular formula is C15H14N2O3. The molecule has 0 atom stereocenters. The third-order valence-electron chi connectivity index (χ3n) is 2.88. The largest absolute Gasteiger partial charge is 0.478 e. The van der Waals surface area contributed by atoms with Crippen LogP contribution >= 0.6 is 0 Å². The number of carbonyl (C=O) groups is 2. The molecule has 0 unspecified atom stereocenters. The van der Waals surface area contributed by atoms with E-state index in [0.717, 1.165) is 0 Å². The maximum absolute atomic E-state index is 11.9. The van der Waals surface area contributed by atoms with Crippen LogP contribution in [0.1, 0.15) is 20.7 Å². The molecule has 0 aliphatic heterocycles. The maximum Gasteiger partial charge on any atom is 0.337 e. The molecule has 102 valence electrons. The topological polar surface area (TPSA) is 70.5 Å². The quantitative estimate of drug-likeness (QED) is 0.927. The zero-order chi connectivity index (χ0) is 14.7. The molecule has 0 fully saturated rings. The molecule has 1 heterocycles. The maximum atomic E-state index is 11.9. The Morgan fingerprint density at radius 2 is 1.95 bits per heavy atom. The van der Waals surface area contributed by atoms with E-state index in [0.29, 0.717) is 16.7 Å². The molecule has 0 spiro atoms. The van der Waals surface area contributed by atoms with Gasteiger partial charge in [-0.3, -0.25) is 9.78 Å². The van der Waals surface area contributed by atoms with E-state index in [2.05, 4.69) is 4.98 Å². The smallest absolute Gasteiger partial charge is 0.337 e. The van der Waals surface area contributed by atoms with Crippen molar-refractivity contribution < 1.29 is 14.7 Å². The van der Waals surface area contributed by atoms with Gasteiger partial charge in [0.1, 0.15) is 0 Å². The Bertz CT molecular complexity index is 666. The van der Waals surface area contributed by atoms with Crippen molar-refractivity contribution in [1.29, 1.82) is 0 Å². The predicted molar refractivity (Wildman–Crippen MR) is 74.6 cm³/mol. The molecule has 2 aromatic rings. The van der Waals surface area contributed by atoms with Crippen LogP contribution in [0.15, 0.2) is 42.7 Å². The van der Waals surface area contributed by atoms with E-state index in [1.165, 1.54) is 17.3 Å². The van der Waals surface area contributed by atoms with Crippen molar-refractivity contribution >= 4 is 11.9 Å². The van der Waals surface area contributed by atoms with Crippen molar-refractivity contribution in [2.75, 3.05) is 14.1 Å². The lowest BCUT2D eigenvalue weighted by Gasteiger charge is -2.12. The van der Waals surface area contributed by atoms with Crippen LogP contribution < -0.4 is 0 Å². The van der Waals surface area contributed by atoms with Gasteiger partial charge < -0.3 is 10.0 Å². The first-order valence-electron chi connectivity index (χ1n) is 6.00. The Kier molecular flexibility index (Phi) is 3.79. The fourth-order valence-electron chi connectivity index (χ4n) is 1.89. The summed E-state index contributed by atoms with van der Waals surface area (Å²) in [7, 11) is 3.34. The Labute approximate surface area is 116 Å². The summed E-state index contributed by atoms with van der Waals surface area (Å²) in [6, 6.07) is 8.52. The minimum Gasteiger partial charge on any atom is -0.478 e. The van der Waals surface area contributed by atoms with Crippen molar-refractivity contribution in [3.63, 3.8) is 0 Å². The minimum absolute atomic E-state index is 0.113. The molecule has 0 aliphatic rings. The van der Waals surface area contributed by atoms with Crippen LogP contribution in [-0.2, 0) is 0 Å². The lowest BCUT2D eigenvalue weighted by molar-refractivity contribution is 0.0697. The fraction of sp³-hybridized carbons (Fsp3) is 0.133. The van der Waals surface area contributed by atoms with Gasteiger partial charge in [0, 0.05) is 32.1 Å². The number of aromatic carboxylic acids is 1. The van der Waals surface area contributed by atoms with Crippen molar-refractivity contribution in [2.45, 2.75) is 0 Å². The number of nitrogens with zero attached hydrogens (tertiary/aromatic N) is 2. The number of carbonyl (C=O) groups excluding carboxylic acids is 1. The minimum atomic E-state index is -1.04. The summed E-state index contributed by atoms with van der Waals surface area (Å²) >= 11 is 0. The molecule has 1 aromatic carbocycles. The molecule has 0 radical (unpaired) electrons. The van der Waals surface area contributed by atoms with Crippen LogP contribution in [0.25, 0.3) is 11.1 Å². The fourth-order valence-corrected chi connectivity index (χ4v) is 1.89. The van der Waals surface area contributed by atoms with Crippen LogP contribution in [0, 0.1) is 0 Å². The van der Waals surface area contributed by atoms with Gasteiger partial charge in [0.15, 0.2) is 0 Å². The van der Waals surface area contributed by atoms with Gasteiger partial charge in [0.25, 0.3) is 5.91 Å². The van der Waals surface area contributed by atoms with Crippen LogP contribution in [0.4, 0.5) is 0 Å². The second-order valence-electron chi connectivity index (χ2n) is 4.51. The molecule has 5 nitrogen and oxygen atoms in total. The summed E-state index contributed by atoms with van der Waals surface area (Å²) in [5.41, 5.74) is 1.85. The number of rotatable bonds is 3. The highest BCUT2D eigenvalue weighted by molar-refractivity contribution is 5.98. The van der Waals surface area contributed by atoms with E-state index in [1.807, 2.05) is 0 Å². The van der Waals surface area contributed by atoms with Crippen LogP contribution in [0.5, 0.6) is 0 Å². The third-order valence-corrected chi connectivity index (χ3v) is 2.88. The van der Waals surface area contributed by atoms with Crippen LogP contribution in [0.2, 0.25) is 0 Å². The Hall–Kier alpha value is -2.69. The third kappa shape index (κ3) is 2.66. The highest BCUT2D eigenvalue weighted by atomic mass is 16.4. The summed E-state index contributed by atoms with van der Waals surface area (Å²) in [4.78, 5) is 28.4. The summed E-state index contributed by atoms with van der Waals surface area (Å²) < 4.78 is 0. The second-order valence-corrected chi connectivity index (χ2v) is 4.51. The van der Waals surface area contributed by atoms with E-state index >= 15 is 0 Å². The van der Waals surface area contributed by atoms with Crippen molar-refractivity contribution in [1.82, 2.24) is 9.88 Å². The second kappa shape index (κ2) is 5.52. The van der Waals surface area contributed by atoms with Crippen molar-refractivity contribution in [3.8, 4) is 11.1 Å². The van der Waals surface area contributed by atoms with Gasteiger partial charge in [-0.25, -0.2) is 4.79 Å². The standard InChI is InChI=1S/C15H14N2O3/c1-17(2)14(18)11-5-3-4-10(8-11)12-6-7-16-9-13(12)15(19)20/h3-9H,1-2H3,(H,19,20). The van der Waals surface area contributed by atoms with Gasteiger partial charge in [-0.05, 0) is 29.3 Å². The molecule has 20 heavy (non-hydrogen) atoms. The lowest BCUT2D eigenvalue weighted by Crippen LogP contribution is -2.21. The first kappa shape index (κ1) is 13.7. The van der Waals surface area contributed by atoms with E-state index in [1.54, 1.807) is 44.4 Å². The zero-order valence-electron chi connectivity index (χ0n) is 11.2. The SMILES string of the molecule is CN(C)C(=O)c1cccc(-c2ccncc2C(=O)O)c1. The van der Waals surface area contributed by atoms with Crippen LogP contribution in [0.3, 0.4) is 0 Å². The number of pyridine rings is 1. The number of benzene rings is 1. The summed E-state index contributed by atoms with van der Waals surface area (Å²) in [6.07, 6.45) is 2.83. The zero-order valence-corrected chi connectivity index (χ0v) is 11.2. The van der Waals surface area contributed by atoms with E-state index in [4.69, 9.17) is 0 Å². The molecule has 2 rings (SSSR count). The van der Waals surface area contributed by atoms with Crippen LogP contribution in [-0.4, -0.2) is 41.0 Å². The van der Waals surface area contributed by atoms with Gasteiger partial charge in [-0.2, -0.15) is 0 Å². The molecule has 1 aromatic heterocycles. The molecule has 1 amide bonds. The number of carboxylic acid groups (broad SMARTS) is 1. The molecular weight excluding hydrogens is 256 g/mol. The first-order chi connectivity index (χ1) is 9.50. The van der Waals surface area contributed by atoms with Gasteiger partial charge in [-0.15, -0.1) is 0 Å². The average Bonchev–Trinajstić information content (AvgIpc) is 2.46. The molecule has 5 heteroatoms. The Balaban J connectivity index is 2.52.